The van der Waals surface area contributed by atoms with Crippen LogP contribution in [0.15, 0.2) is 42.6 Å². The highest BCUT2D eigenvalue weighted by molar-refractivity contribution is 5.85. The standard InChI is InChI=1S/C11H9N3O2/c15-11(16)8-4-3-6-10(13-8)14-9-5-1-2-7-12-9/h1-7H,(H,15,16)(H,12,13,14). The van der Waals surface area contributed by atoms with Gasteiger partial charge in [-0.25, -0.2) is 14.8 Å². The fourth-order valence-electron chi connectivity index (χ4n) is 1.19. The van der Waals surface area contributed by atoms with Crippen LogP contribution in [0.3, 0.4) is 0 Å². The molecule has 80 valence electrons. The lowest BCUT2D eigenvalue weighted by atomic mass is 10.3. The van der Waals surface area contributed by atoms with Gasteiger partial charge >= 0.3 is 5.97 Å². The van der Waals surface area contributed by atoms with Crippen molar-refractivity contribution in [2.45, 2.75) is 0 Å². The van der Waals surface area contributed by atoms with E-state index in [9.17, 15) is 4.79 Å². The highest BCUT2D eigenvalue weighted by atomic mass is 16.4. The molecule has 0 atom stereocenters. The van der Waals surface area contributed by atoms with Crippen LogP contribution < -0.4 is 5.32 Å². The minimum absolute atomic E-state index is 0.000862. The Labute approximate surface area is 91.8 Å². The molecule has 5 heteroatoms. The second-order valence-corrected chi connectivity index (χ2v) is 3.05. The number of pyridine rings is 2. The van der Waals surface area contributed by atoms with Gasteiger partial charge in [-0.2, -0.15) is 0 Å². The normalized spacial score (nSPS) is 9.75. The van der Waals surface area contributed by atoms with Crippen molar-refractivity contribution >= 4 is 17.6 Å². The lowest BCUT2D eigenvalue weighted by Gasteiger charge is -2.04. The quantitative estimate of drug-likeness (QED) is 0.818. The van der Waals surface area contributed by atoms with Crippen LogP contribution in [0.4, 0.5) is 11.6 Å². The van der Waals surface area contributed by atoms with Gasteiger partial charge in [-0.1, -0.05) is 12.1 Å². The van der Waals surface area contributed by atoms with Gasteiger partial charge in [0.25, 0.3) is 0 Å². The zero-order valence-electron chi connectivity index (χ0n) is 8.29. The van der Waals surface area contributed by atoms with Gasteiger partial charge in [0.15, 0.2) is 5.69 Å². The Hall–Kier alpha value is -2.43. The molecule has 2 rings (SSSR count). The first kappa shape index (κ1) is 10.1. The summed E-state index contributed by atoms with van der Waals surface area (Å²) in [5.41, 5.74) is 0.000862. The minimum atomic E-state index is -1.05. The number of anilines is 2. The summed E-state index contributed by atoms with van der Waals surface area (Å²) in [6.07, 6.45) is 1.64. The number of aromatic carboxylic acids is 1. The van der Waals surface area contributed by atoms with Crippen LogP contribution in [0, 0.1) is 0 Å². The maximum Gasteiger partial charge on any atom is 0.354 e. The molecule has 16 heavy (non-hydrogen) atoms. The van der Waals surface area contributed by atoms with Crippen LogP contribution in [0.5, 0.6) is 0 Å². The second kappa shape index (κ2) is 4.39. The number of carbonyl (C=O) groups is 1. The summed E-state index contributed by atoms with van der Waals surface area (Å²) in [6, 6.07) is 10.1. The maximum atomic E-state index is 10.7. The predicted octanol–water partition coefficient (Wildman–Crippen LogP) is 1.92. The largest absolute Gasteiger partial charge is 0.477 e. The summed E-state index contributed by atoms with van der Waals surface area (Å²) in [5.74, 6) is 0.0285. The molecule has 5 nitrogen and oxygen atoms in total. The summed E-state index contributed by atoms with van der Waals surface area (Å²) in [4.78, 5) is 18.7. The van der Waals surface area contributed by atoms with Gasteiger partial charge in [-0.3, -0.25) is 0 Å². The fourth-order valence-corrected chi connectivity index (χ4v) is 1.19. The maximum absolute atomic E-state index is 10.7. The topological polar surface area (TPSA) is 75.1 Å². The van der Waals surface area contributed by atoms with Gasteiger partial charge in [0, 0.05) is 6.20 Å². The van der Waals surface area contributed by atoms with Crippen molar-refractivity contribution in [3.05, 3.63) is 48.3 Å². The molecule has 2 aromatic rings. The number of carboxylic acids is 1. The average Bonchev–Trinajstić information content (AvgIpc) is 2.30. The Morgan fingerprint density at radius 1 is 1.12 bits per heavy atom. The van der Waals surface area contributed by atoms with E-state index in [0.29, 0.717) is 11.6 Å². The van der Waals surface area contributed by atoms with E-state index in [0.717, 1.165) is 0 Å². The third-order valence-electron chi connectivity index (χ3n) is 1.89. The number of nitrogens with zero attached hydrogens (tertiary/aromatic N) is 2. The molecule has 0 amide bonds. The Bertz CT molecular complexity index is 500. The molecule has 0 radical (unpaired) electrons. The van der Waals surface area contributed by atoms with Crippen LogP contribution in [0.1, 0.15) is 10.5 Å². The zero-order valence-corrected chi connectivity index (χ0v) is 8.29. The zero-order chi connectivity index (χ0) is 11.4. The van der Waals surface area contributed by atoms with E-state index in [1.165, 1.54) is 6.07 Å². The highest BCUT2D eigenvalue weighted by Gasteiger charge is 2.04. The van der Waals surface area contributed by atoms with Gasteiger partial charge in [0.05, 0.1) is 0 Å². The van der Waals surface area contributed by atoms with Crippen LogP contribution in [0.2, 0.25) is 0 Å². The smallest absolute Gasteiger partial charge is 0.354 e. The average molecular weight is 215 g/mol. The van der Waals surface area contributed by atoms with Gasteiger partial charge in [-0.15, -0.1) is 0 Å². The first-order valence-corrected chi connectivity index (χ1v) is 4.64. The molecule has 0 aliphatic carbocycles. The molecular weight excluding hydrogens is 206 g/mol. The van der Waals surface area contributed by atoms with Gasteiger partial charge in [0.2, 0.25) is 0 Å². The molecule has 0 fully saturated rings. The van der Waals surface area contributed by atoms with Crippen LogP contribution in [0.25, 0.3) is 0 Å². The molecule has 0 saturated heterocycles. The number of rotatable bonds is 3. The Morgan fingerprint density at radius 2 is 1.94 bits per heavy atom. The summed E-state index contributed by atoms with van der Waals surface area (Å²) < 4.78 is 0. The van der Waals surface area contributed by atoms with Gasteiger partial charge in [0.1, 0.15) is 11.6 Å². The van der Waals surface area contributed by atoms with Crippen molar-refractivity contribution in [1.82, 2.24) is 9.97 Å². The third kappa shape index (κ3) is 2.33. The van der Waals surface area contributed by atoms with Crippen LogP contribution in [-0.4, -0.2) is 21.0 Å². The van der Waals surface area contributed by atoms with Crippen molar-refractivity contribution < 1.29 is 9.90 Å². The van der Waals surface area contributed by atoms with Crippen molar-refractivity contribution in [1.29, 1.82) is 0 Å². The van der Waals surface area contributed by atoms with E-state index in [1.54, 1.807) is 30.5 Å². The number of carboxylic acid groups (broad SMARTS) is 1. The molecule has 0 bridgehead atoms. The summed E-state index contributed by atoms with van der Waals surface area (Å²) >= 11 is 0. The molecule has 0 aliphatic rings. The molecule has 0 aromatic carbocycles. The van der Waals surface area contributed by atoms with E-state index in [4.69, 9.17) is 5.11 Å². The number of hydrogen-bond acceptors (Lipinski definition) is 4. The van der Waals surface area contributed by atoms with Crippen molar-refractivity contribution in [3.63, 3.8) is 0 Å². The predicted molar refractivity (Wildman–Crippen MR) is 58.7 cm³/mol. The molecule has 0 aliphatic heterocycles. The Balaban J connectivity index is 2.22. The van der Waals surface area contributed by atoms with Crippen LogP contribution >= 0.6 is 0 Å². The number of hydrogen-bond donors (Lipinski definition) is 2. The molecule has 2 heterocycles. The van der Waals surface area contributed by atoms with Crippen molar-refractivity contribution in [3.8, 4) is 0 Å². The molecule has 0 saturated carbocycles. The van der Waals surface area contributed by atoms with E-state index in [1.807, 2.05) is 6.07 Å². The molecular formula is C11H9N3O2. The van der Waals surface area contributed by atoms with E-state index >= 15 is 0 Å². The number of aromatic nitrogens is 2. The second-order valence-electron chi connectivity index (χ2n) is 3.05. The first-order valence-electron chi connectivity index (χ1n) is 4.64. The van der Waals surface area contributed by atoms with Gasteiger partial charge < -0.3 is 10.4 Å². The summed E-state index contributed by atoms with van der Waals surface area (Å²) in [5, 5.41) is 11.7. The third-order valence-corrected chi connectivity index (χ3v) is 1.89. The van der Waals surface area contributed by atoms with E-state index < -0.39 is 5.97 Å². The van der Waals surface area contributed by atoms with Crippen LogP contribution in [-0.2, 0) is 0 Å². The SMILES string of the molecule is O=C(O)c1cccc(Nc2ccccn2)n1. The monoisotopic (exact) mass is 215 g/mol. The van der Waals surface area contributed by atoms with Gasteiger partial charge in [-0.05, 0) is 24.3 Å². The highest BCUT2D eigenvalue weighted by Crippen LogP contribution is 2.11. The van der Waals surface area contributed by atoms with Crippen molar-refractivity contribution in [2.75, 3.05) is 5.32 Å². The summed E-state index contributed by atoms with van der Waals surface area (Å²) in [7, 11) is 0. The Morgan fingerprint density at radius 3 is 2.62 bits per heavy atom. The van der Waals surface area contributed by atoms with Crippen molar-refractivity contribution in [2.24, 2.45) is 0 Å². The molecule has 0 spiro atoms. The molecule has 2 N–H and O–H groups in total. The van der Waals surface area contributed by atoms with E-state index in [-0.39, 0.29) is 5.69 Å². The Kier molecular flexibility index (Phi) is 2.77. The molecule has 0 unspecified atom stereocenters. The minimum Gasteiger partial charge on any atom is -0.477 e. The number of nitrogens with one attached hydrogen (secondary N) is 1. The fraction of sp³-hybridized carbons (Fsp3) is 0. The van der Waals surface area contributed by atoms with E-state index in [2.05, 4.69) is 15.3 Å². The lowest BCUT2D eigenvalue weighted by Crippen LogP contribution is -2.03. The first-order chi connectivity index (χ1) is 7.75. The molecule has 2 aromatic heterocycles. The summed E-state index contributed by atoms with van der Waals surface area (Å²) in [6.45, 7) is 0. The lowest BCUT2D eigenvalue weighted by molar-refractivity contribution is 0.0690.